The number of fused-ring (bicyclic) bond motifs is 1. The van der Waals surface area contributed by atoms with Gasteiger partial charge in [0.15, 0.2) is 0 Å². The smallest absolute Gasteiger partial charge is 0.145 e. The molecule has 0 N–H and O–H groups in total. The predicted molar refractivity (Wildman–Crippen MR) is 119 cm³/mol. The van der Waals surface area contributed by atoms with Crippen LogP contribution in [0.15, 0.2) is 31.0 Å². The third-order valence-electron chi connectivity index (χ3n) is 5.99. The molecule has 0 aromatic carbocycles. The summed E-state index contributed by atoms with van der Waals surface area (Å²) in [6, 6.07) is 5.53. The lowest BCUT2D eigenvalue weighted by atomic mass is 9.67. The maximum absolute atomic E-state index is 9.29. The molecule has 8 heteroatoms. The molecule has 1 aliphatic carbocycles. The first-order valence-electron chi connectivity index (χ1n) is 10.6. The van der Waals surface area contributed by atoms with Gasteiger partial charge in [0.1, 0.15) is 18.7 Å². The number of hydrogen-bond acceptors (Lipinski definition) is 5. The Labute approximate surface area is 178 Å². The lowest BCUT2D eigenvalue weighted by molar-refractivity contribution is 0.0682. The van der Waals surface area contributed by atoms with Crippen molar-refractivity contribution in [2.45, 2.75) is 64.1 Å². The van der Waals surface area contributed by atoms with E-state index in [2.05, 4.69) is 47.7 Å². The van der Waals surface area contributed by atoms with Crippen LogP contribution in [0.5, 0.6) is 0 Å². The van der Waals surface area contributed by atoms with E-state index in [-0.39, 0.29) is 5.54 Å². The third kappa shape index (κ3) is 4.05. The Morgan fingerprint density at radius 1 is 1.30 bits per heavy atom. The van der Waals surface area contributed by atoms with E-state index in [1.165, 1.54) is 0 Å². The number of ether oxygens (including phenoxy) is 1. The fourth-order valence-corrected chi connectivity index (χ4v) is 5.14. The van der Waals surface area contributed by atoms with Crippen molar-refractivity contribution in [3.8, 4) is 17.3 Å². The first-order chi connectivity index (χ1) is 14.3. The summed E-state index contributed by atoms with van der Waals surface area (Å²) >= 11 is 0. The van der Waals surface area contributed by atoms with Crippen LogP contribution in [0.25, 0.3) is 22.3 Å². The molecule has 1 fully saturated rings. The molecule has 1 aliphatic rings. The molecule has 0 saturated heterocycles. The molecule has 3 aromatic heterocycles. The van der Waals surface area contributed by atoms with Gasteiger partial charge in [-0.1, -0.05) is 26.6 Å². The average molecular weight is 423 g/mol. The maximum Gasteiger partial charge on any atom is 0.145 e. The molecule has 0 spiro atoms. The lowest BCUT2D eigenvalue weighted by Crippen LogP contribution is -2.45. The molecule has 3 aromatic rings. The summed E-state index contributed by atoms with van der Waals surface area (Å²) in [7, 11) is -1.10. The lowest BCUT2D eigenvalue weighted by Gasteiger charge is -2.45. The van der Waals surface area contributed by atoms with Crippen LogP contribution in [-0.4, -0.2) is 39.0 Å². The second-order valence-electron chi connectivity index (χ2n) is 9.84. The average Bonchev–Trinajstić information content (AvgIpc) is 3.31. The highest BCUT2D eigenvalue weighted by atomic mass is 28.3. The topological polar surface area (TPSA) is 81.5 Å². The summed E-state index contributed by atoms with van der Waals surface area (Å²) in [5, 5.41) is 14.9. The van der Waals surface area contributed by atoms with Gasteiger partial charge in [-0.05, 0) is 30.9 Å². The molecule has 4 rings (SSSR count). The van der Waals surface area contributed by atoms with Crippen LogP contribution in [0.2, 0.25) is 25.7 Å². The van der Waals surface area contributed by atoms with Gasteiger partial charge in [0.05, 0.1) is 29.9 Å². The van der Waals surface area contributed by atoms with Crippen molar-refractivity contribution in [2.75, 3.05) is 6.61 Å². The third-order valence-corrected chi connectivity index (χ3v) is 7.69. The van der Waals surface area contributed by atoms with Gasteiger partial charge in [-0.15, -0.1) is 0 Å². The van der Waals surface area contributed by atoms with E-state index < -0.39 is 8.07 Å². The van der Waals surface area contributed by atoms with E-state index in [1.807, 2.05) is 33.9 Å². The summed E-state index contributed by atoms with van der Waals surface area (Å²) in [5.41, 5.74) is 2.52. The van der Waals surface area contributed by atoms with Crippen molar-refractivity contribution < 1.29 is 4.74 Å². The number of rotatable bonds is 8. The first-order valence-corrected chi connectivity index (χ1v) is 14.3. The Kier molecular flexibility index (Phi) is 5.51. The van der Waals surface area contributed by atoms with Gasteiger partial charge in [0.2, 0.25) is 0 Å². The standard InChI is InChI=1S/C22H30N6OSi/c1-17-11-22(12-17,6-7-23)28-14-18(13-26-28)20-19-5-8-27(21(19)25-15-24-20)16-29-9-10-30(2,3)4/h5,8,13-15,17H,6,9-12,16H2,1-4H3. The highest BCUT2D eigenvalue weighted by Gasteiger charge is 2.44. The predicted octanol–water partition coefficient (Wildman–Crippen LogP) is 4.65. The minimum atomic E-state index is -1.10. The quantitative estimate of drug-likeness (QED) is 0.390. The molecule has 0 bridgehead atoms. The SMILES string of the molecule is CC1CC(CC#N)(n2cc(-c3ncnc4c3ccn4COCC[Si](C)(C)C)cn2)C1. The summed E-state index contributed by atoms with van der Waals surface area (Å²) < 4.78 is 9.92. The summed E-state index contributed by atoms with van der Waals surface area (Å²) in [6.45, 7) is 10.6. The van der Waals surface area contributed by atoms with E-state index in [1.54, 1.807) is 6.33 Å². The van der Waals surface area contributed by atoms with E-state index in [0.29, 0.717) is 19.1 Å². The van der Waals surface area contributed by atoms with E-state index in [9.17, 15) is 5.26 Å². The highest BCUT2D eigenvalue weighted by Crippen LogP contribution is 2.46. The molecule has 3 heterocycles. The molecule has 0 aliphatic heterocycles. The zero-order chi connectivity index (χ0) is 21.4. The molecule has 158 valence electrons. The van der Waals surface area contributed by atoms with Gasteiger partial charge in [-0.2, -0.15) is 10.4 Å². The zero-order valence-electron chi connectivity index (χ0n) is 18.3. The minimum absolute atomic E-state index is 0.172. The van der Waals surface area contributed by atoms with Gasteiger partial charge in [0, 0.05) is 38.0 Å². The number of nitriles is 1. The van der Waals surface area contributed by atoms with Crippen LogP contribution >= 0.6 is 0 Å². The Hall–Kier alpha value is -2.50. The van der Waals surface area contributed by atoms with Crippen molar-refractivity contribution in [2.24, 2.45) is 5.92 Å². The number of hydrogen-bond donors (Lipinski definition) is 0. The summed E-state index contributed by atoms with van der Waals surface area (Å²) in [4.78, 5) is 9.03. The Morgan fingerprint density at radius 3 is 2.80 bits per heavy atom. The van der Waals surface area contributed by atoms with Gasteiger partial charge in [0.25, 0.3) is 0 Å². The maximum atomic E-state index is 9.29. The van der Waals surface area contributed by atoms with Crippen LogP contribution in [0.3, 0.4) is 0 Å². The molecular weight excluding hydrogens is 392 g/mol. The van der Waals surface area contributed by atoms with E-state index in [0.717, 1.165) is 47.8 Å². The van der Waals surface area contributed by atoms with Crippen LogP contribution < -0.4 is 0 Å². The minimum Gasteiger partial charge on any atom is -0.361 e. The van der Waals surface area contributed by atoms with Gasteiger partial charge >= 0.3 is 0 Å². The molecule has 0 atom stereocenters. The fraction of sp³-hybridized carbons (Fsp3) is 0.545. The normalized spacial score (nSPS) is 21.5. The van der Waals surface area contributed by atoms with Crippen LogP contribution in [-0.2, 0) is 17.0 Å². The molecule has 0 radical (unpaired) electrons. The van der Waals surface area contributed by atoms with Crippen LogP contribution in [0.1, 0.15) is 26.2 Å². The van der Waals surface area contributed by atoms with Gasteiger partial charge < -0.3 is 9.30 Å². The summed E-state index contributed by atoms with van der Waals surface area (Å²) in [5.74, 6) is 0.631. The zero-order valence-corrected chi connectivity index (χ0v) is 19.3. The van der Waals surface area contributed by atoms with Crippen LogP contribution in [0.4, 0.5) is 0 Å². The Morgan fingerprint density at radius 2 is 2.10 bits per heavy atom. The molecule has 0 unspecified atom stereocenters. The van der Waals surface area contributed by atoms with Crippen molar-refractivity contribution >= 4 is 19.1 Å². The second-order valence-corrected chi connectivity index (χ2v) is 15.5. The van der Waals surface area contributed by atoms with Crippen molar-refractivity contribution in [3.05, 3.63) is 31.0 Å². The second kappa shape index (κ2) is 7.97. The molecule has 1 saturated carbocycles. The fourth-order valence-electron chi connectivity index (χ4n) is 4.38. The summed E-state index contributed by atoms with van der Waals surface area (Å²) in [6.07, 6.45) is 9.97. The van der Waals surface area contributed by atoms with Crippen molar-refractivity contribution in [3.63, 3.8) is 0 Å². The Balaban J connectivity index is 1.55. The largest absolute Gasteiger partial charge is 0.361 e. The van der Waals surface area contributed by atoms with Crippen LogP contribution in [0, 0.1) is 17.2 Å². The monoisotopic (exact) mass is 422 g/mol. The number of nitrogens with zero attached hydrogens (tertiary/aromatic N) is 6. The molecule has 0 amide bonds. The Bertz CT molecular complexity index is 1070. The molecule has 30 heavy (non-hydrogen) atoms. The van der Waals surface area contributed by atoms with E-state index in [4.69, 9.17) is 4.74 Å². The number of aromatic nitrogens is 5. The van der Waals surface area contributed by atoms with Crippen molar-refractivity contribution in [1.82, 2.24) is 24.3 Å². The van der Waals surface area contributed by atoms with E-state index >= 15 is 0 Å². The van der Waals surface area contributed by atoms with Crippen molar-refractivity contribution in [1.29, 1.82) is 5.26 Å². The van der Waals surface area contributed by atoms with Gasteiger partial charge in [-0.3, -0.25) is 4.68 Å². The molecular formula is C22H30N6OSi. The first kappa shape index (κ1) is 20.8. The molecule has 7 nitrogen and oxygen atoms in total. The highest BCUT2D eigenvalue weighted by molar-refractivity contribution is 6.76. The van der Waals surface area contributed by atoms with Gasteiger partial charge in [-0.25, -0.2) is 9.97 Å².